The molecule has 3 aromatic rings. The lowest BCUT2D eigenvalue weighted by atomic mass is 10.1. The Morgan fingerprint density at radius 2 is 2.19 bits per heavy atom. The molecule has 0 saturated heterocycles. The normalized spacial score (nSPS) is 12.9. The molecule has 2 N–H and O–H groups in total. The van der Waals surface area contributed by atoms with Gasteiger partial charge in [0.05, 0.1) is 11.4 Å². The molecule has 1 aliphatic rings. The van der Waals surface area contributed by atoms with Crippen molar-refractivity contribution in [3.8, 4) is 17.0 Å². The van der Waals surface area contributed by atoms with E-state index in [2.05, 4.69) is 31.5 Å². The molecule has 1 aliphatic heterocycles. The van der Waals surface area contributed by atoms with Crippen molar-refractivity contribution in [2.75, 3.05) is 17.2 Å². The van der Waals surface area contributed by atoms with Gasteiger partial charge in [-0.2, -0.15) is 0 Å². The number of nitrogens with zero attached hydrogens (tertiary/aromatic N) is 1. The summed E-state index contributed by atoms with van der Waals surface area (Å²) in [4.78, 5) is 29.1. The largest absolute Gasteiger partial charge is 0.482 e. The molecule has 7 nitrogen and oxygen atoms in total. The number of thiazole rings is 1. The van der Waals surface area contributed by atoms with Gasteiger partial charge in [-0.3, -0.25) is 14.9 Å². The molecule has 9 heteroatoms. The Hall–Kier alpha value is -2.65. The molecule has 2 amide bonds. The van der Waals surface area contributed by atoms with E-state index < -0.39 is 0 Å². The Kier molecular flexibility index (Phi) is 4.25. The van der Waals surface area contributed by atoms with E-state index in [9.17, 15) is 9.59 Å². The highest BCUT2D eigenvalue weighted by molar-refractivity contribution is 9.10. The highest BCUT2D eigenvalue weighted by atomic mass is 79.9. The first-order chi connectivity index (χ1) is 12.5. The van der Waals surface area contributed by atoms with E-state index in [0.29, 0.717) is 21.2 Å². The zero-order valence-corrected chi connectivity index (χ0v) is 15.9. The highest BCUT2D eigenvalue weighted by Gasteiger charge is 2.19. The fraction of sp³-hybridized carbons (Fsp3) is 0.118. The van der Waals surface area contributed by atoms with E-state index >= 15 is 0 Å². The van der Waals surface area contributed by atoms with Crippen molar-refractivity contribution in [3.05, 3.63) is 45.6 Å². The minimum atomic E-state index is -0.373. The number of aromatic nitrogens is 1. The second kappa shape index (κ2) is 6.58. The summed E-state index contributed by atoms with van der Waals surface area (Å²) < 4.78 is 11.1. The standard InChI is InChI=1S/C17H12BrN3O4S/c1-8-15(9-2-3-11-10(6-9)19-14(22)7-24-11)20-17(26-8)21-16(23)12-4-5-13(18)25-12/h2-6H,7H2,1H3,(H,19,22)(H,20,21,23). The van der Waals surface area contributed by atoms with Gasteiger partial charge in [-0.1, -0.05) is 0 Å². The molecule has 1 aromatic carbocycles. The third kappa shape index (κ3) is 3.23. The van der Waals surface area contributed by atoms with Crippen LogP contribution in [0.15, 0.2) is 39.4 Å². The van der Waals surface area contributed by atoms with Gasteiger partial charge in [0.2, 0.25) is 0 Å². The molecule has 4 rings (SSSR count). The average molecular weight is 434 g/mol. The number of halogens is 1. The Labute approximate surface area is 160 Å². The smallest absolute Gasteiger partial charge is 0.293 e. The number of benzene rings is 1. The van der Waals surface area contributed by atoms with E-state index in [1.54, 1.807) is 18.2 Å². The molecule has 0 saturated carbocycles. The summed E-state index contributed by atoms with van der Waals surface area (Å²) in [6.45, 7) is 1.93. The van der Waals surface area contributed by atoms with Crippen molar-refractivity contribution in [3.63, 3.8) is 0 Å². The van der Waals surface area contributed by atoms with Gasteiger partial charge in [0.15, 0.2) is 22.2 Å². The van der Waals surface area contributed by atoms with E-state index in [0.717, 1.165) is 16.1 Å². The number of carbonyl (C=O) groups is 2. The number of aryl methyl sites for hydroxylation is 1. The number of carbonyl (C=O) groups excluding carboxylic acids is 2. The van der Waals surface area contributed by atoms with Crippen LogP contribution >= 0.6 is 27.3 Å². The second-order valence-electron chi connectivity index (χ2n) is 5.53. The van der Waals surface area contributed by atoms with Gasteiger partial charge in [0.25, 0.3) is 11.8 Å². The first kappa shape index (κ1) is 16.8. The fourth-order valence-electron chi connectivity index (χ4n) is 2.54. The summed E-state index contributed by atoms with van der Waals surface area (Å²) in [6.07, 6.45) is 0. The van der Waals surface area contributed by atoms with Crippen LogP contribution in [0.1, 0.15) is 15.4 Å². The lowest BCUT2D eigenvalue weighted by Gasteiger charge is -2.18. The first-order valence-corrected chi connectivity index (χ1v) is 9.22. The van der Waals surface area contributed by atoms with E-state index in [1.165, 1.54) is 11.3 Å². The van der Waals surface area contributed by atoms with E-state index in [4.69, 9.17) is 9.15 Å². The fourth-order valence-corrected chi connectivity index (χ4v) is 3.68. The second-order valence-corrected chi connectivity index (χ2v) is 7.51. The Morgan fingerprint density at radius 3 is 2.96 bits per heavy atom. The predicted molar refractivity (Wildman–Crippen MR) is 101 cm³/mol. The number of hydrogen-bond donors (Lipinski definition) is 2. The third-order valence-electron chi connectivity index (χ3n) is 3.70. The minimum Gasteiger partial charge on any atom is -0.482 e. The maximum Gasteiger partial charge on any atom is 0.293 e. The van der Waals surface area contributed by atoms with Crippen molar-refractivity contribution in [1.82, 2.24) is 4.98 Å². The van der Waals surface area contributed by atoms with Gasteiger partial charge in [0, 0.05) is 10.4 Å². The first-order valence-electron chi connectivity index (χ1n) is 7.61. The van der Waals surface area contributed by atoms with Crippen molar-refractivity contribution in [2.45, 2.75) is 6.92 Å². The van der Waals surface area contributed by atoms with Gasteiger partial charge in [-0.05, 0) is 53.2 Å². The summed E-state index contributed by atoms with van der Waals surface area (Å²) >= 11 is 4.53. The lowest BCUT2D eigenvalue weighted by Crippen LogP contribution is -2.25. The number of nitrogens with one attached hydrogen (secondary N) is 2. The minimum absolute atomic E-state index is 0.0150. The maximum absolute atomic E-state index is 12.2. The summed E-state index contributed by atoms with van der Waals surface area (Å²) in [6, 6.07) is 8.70. The van der Waals surface area contributed by atoms with Crippen LogP contribution < -0.4 is 15.4 Å². The Morgan fingerprint density at radius 1 is 1.35 bits per heavy atom. The average Bonchev–Trinajstić information content (AvgIpc) is 3.20. The van der Waals surface area contributed by atoms with Crippen LogP contribution in [-0.2, 0) is 4.79 Å². The highest BCUT2D eigenvalue weighted by Crippen LogP contribution is 2.36. The molecule has 0 aliphatic carbocycles. The van der Waals surface area contributed by atoms with Crippen molar-refractivity contribution < 1.29 is 18.7 Å². The molecular formula is C17H12BrN3O4S. The van der Waals surface area contributed by atoms with Gasteiger partial charge < -0.3 is 14.5 Å². The Bertz CT molecular complexity index is 1030. The zero-order valence-electron chi connectivity index (χ0n) is 13.5. The van der Waals surface area contributed by atoms with Crippen LogP contribution in [0.5, 0.6) is 5.75 Å². The number of furan rings is 1. The molecule has 0 spiro atoms. The van der Waals surface area contributed by atoms with Gasteiger partial charge in [-0.15, -0.1) is 11.3 Å². The van der Waals surface area contributed by atoms with Crippen LogP contribution in [0.3, 0.4) is 0 Å². The summed E-state index contributed by atoms with van der Waals surface area (Å²) in [7, 11) is 0. The topological polar surface area (TPSA) is 93.5 Å². The van der Waals surface area contributed by atoms with Gasteiger partial charge in [0.1, 0.15) is 5.75 Å². The number of ether oxygens (including phenoxy) is 1. The third-order valence-corrected chi connectivity index (χ3v) is 5.01. The monoisotopic (exact) mass is 433 g/mol. The van der Waals surface area contributed by atoms with Crippen molar-refractivity contribution >= 4 is 49.9 Å². The molecule has 0 unspecified atom stereocenters. The van der Waals surface area contributed by atoms with Crippen LogP contribution in [0.25, 0.3) is 11.3 Å². The van der Waals surface area contributed by atoms with Crippen molar-refractivity contribution in [1.29, 1.82) is 0 Å². The number of anilines is 2. The van der Waals surface area contributed by atoms with E-state index in [-0.39, 0.29) is 24.2 Å². The lowest BCUT2D eigenvalue weighted by molar-refractivity contribution is -0.118. The molecule has 0 atom stereocenters. The van der Waals surface area contributed by atoms with E-state index in [1.807, 2.05) is 19.1 Å². The number of fused-ring (bicyclic) bond motifs is 1. The maximum atomic E-state index is 12.2. The SMILES string of the molecule is Cc1sc(NC(=O)c2ccc(Br)o2)nc1-c1ccc2c(c1)NC(=O)CO2. The number of rotatable bonds is 3. The summed E-state index contributed by atoms with van der Waals surface area (Å²) in [5.41, 5.74) is 2.16. The molecule has 0 bridgehead atoms. The number of hydrogen-bond acceptors (Lipinski definition) is 6. The quantitative estimate of drug-likeness (QED) is 0.649. The van der Waals surface area contributed by atoms with Gasteiger partial charge in [-0.25, -0.2) is 4.98 Å². The van der Waals surface area contributed by atoms with Crippen LogP contribution in [-0.4, -0.2) is 23.4 Å². The molecule has 26 heavy (non-hydrogen) atoms. The molecular weight excluding hydrogens is 422 g/mol. The van der Waals surface area contributed by atoms with Crippen molar-refractivity contribution in [2.24, 2.45) is 0 Å². The molecule has 132 valence electrons. The molecule has 3 heterocycles. The van der Waals surface area contributed by atoms with Crippen LogP contribution in [0.4, 0.5) is 10.8 Å². The summed E-state index contributed by atoms with van der Waals surface area (Å²) in [5, 5.41) is 5.97. The number of amides is 2. The van der Waals surface area contributed by atoms with Gasteiger partial charge >= 0.3 is 0 Å². The summed E-state index contributed by atoms with van der Waals surface area (Å²) in [5.74, 6) is 0.252. The van der Waals surface area contributed by atoms with Crippen LogP contribution in [0, 0.1) is 6.92 Å². The van der Waals surface area contributed by atoms with Crippen LogP contribution in [0.2, 0.25) is 0 Å². The molecule has 0 radical (unpaired) electrons. The predicted octanol–water partition coefficient (Wildman–Crippen LogP) is 4.06. The Balaban J connectivity index is 1.60. The molecule has 0 fully saturated rings. The zero-order chi connectivity index (χ0) is 18.3. The molecule has 2 aromatic heterocycles.